The molecule has 21 heavy (non-hydrogen) atoms. The molecule has 0 aliphatic rings. The second-order valence-corrected chi connectivity index (χ2v) is 5.18. The van der Waals surface area contributed by atoms with Gasteiger partial charge in [-0.15, -0.1) is 0 Å². The number of nitrogens with zero attached hydrogens (tertiary/aromatic N) is 1. The summed E-state index contributed by atoms with van der Waals surface area (Å²) in [7, 11) is 0. The van der Waals surface area contributed by atoms with Crippen LogP contribution in [0, 0.1) is 0 Å². The van der Waals surface area contributed by atoms with Crippen LogP contribution in [-0.2, 0) is 6.42 Å². The van der Waals surface area contributed by atoms with Crippen LogP contribution in [0.25, 0.3) is 10.8 Å². The summed E-state index contributed by atoms with van der Waals surface area (Å²) in [5.41, 5.74) is 5.50. The molecule has 3 N–H and O–H groups in total. The maximum absolute atomic E-state index is 5.80. The molecule has 3 nitrogen and oxygen atoms in total. The summed E-state index contributed by atoms with van der Waals surface area (Å²) in [4.78, 5) is 4.05. The van der Waals surface area contributed by atoms with E-state index in [0.29, 0.717) is 0 Å². The molecule has 1 heterocycles. The predicted molar refractivity (Wildman–Crippen MR) is 86.6 cm³/mol. The number of benzene rings is 2. The minimum Gasteiger partial charge on any atom is -0.271 e. The highest BCUT2D eigenvalue weighted by atomic mass is 15.2. The number of rotatable bonds is 5. The Morgan fingerprint density at radius 2 is 1.71 bits per heavy atom. The quantitative estimate of drug-likeness (QED) is 0.555. The third-order valence-electron chi connectivity index (χ3n) is 3.87. The Kier molecular flexibility index (Phi) is 4.24. The number of hydrazine groups is 1. The molecule has 2 aromatic carbocycles. The molecule has 0 radical (unpaired) electrons. The van der Waals surface area contributed by atoms with E-state index in [4.69, 9.17) is 5.84 Å². The summed E-state index contributed by atoms with van der Waals surface area (Å²) in [5, 5.41) is 2.51. The molecule has 3 rings (SSSR count). The van der Waals surface area contributed by atoms with Crippen LogP contribution in [0.15, 0.2) is 67.0 Å². The Morgan fingerprint density at radius 3 is 2.52 bits per heavy atom. The van der Waals surface area contributed by atoms with Crippen molar-refractivity contribution >= 4 is 10.8 Å². The molecule has 106 valence electrons. The van der Waals surface area contributed by atoms with Crippen molar-refractivity contribution < 1.29 is 0 Å². The fourth-order valence-corrected chi connectivity index (χ4v) is 2.74. The zero-order valence-corrected chi connectivity index (χ0v) is 11.9. The number of nitrogens with two attached hydrogens (primary N) is 1. The molecule has 0 aliphatic carbocycles. The van der Waals surface area contributed by atoms with Crippen molar-refractivity contribution in [1.29, 1.82) is 0 Å². The van der Waals surface area contributed by atoms with E-state index in [2.05, 4.69) is 65.0 Å². The number of nitrogens with one attached hydrogen (secondary N) is 1. The van der Waals surface area contributed by atoms with Crippen LogP contribution < -0.4 is 11.3 Å². The van der Waals surface area contributed by atoms with E-state index in [0.717, 1.165) is 12.8 Å². The fraction of sp³-hybridized carbons (Fsp3) is 0.167. The lowest BCUT2D eigenvalue weighted by Crippen LogP contribution is -2.28. The molecule has 0 saturated carbocycles. The van der Waals surface area contributed by atoms with E-state index in [1.54, 1.807) is 0 Å². The van der Waals surface area contributed by atoms with Gasteiger partial charge in [0.05, 0.1) is 0 Å². The van der Waals surface area contributed by atoms with Crippen molar-refractivity contribution in [3.63, 3.8) is 0 Å². The van der Waals surface area contributed by atoms with E-state index < -0.39 is 0 Å². The normalized spacial score (nSPS) is 12.4. The number of aromatic nitrogens is 1. The summed E-state index contributed by atoms with van der Waals surface area (Å²) in [6.07, 6.45) is 5.59. The van der Waals surface area contributed by atoms with Crippen molar-refractivity contribution in [2.45, 2.75) is 18.9 Å². The van der Waals surface area contributed by atoms with Crippen molar-refractivity contribution in [2.75, 3.05) is 0 Å². The smallest absolute Gasteiger partial charge is 0.0469 e. The minimum atomic E-state index is 0.143. The van der Waals surface area contributed by atoms with Crippen LogP contribution in [0.4, 0.5) is 0 Å². The second kappa shape index (κ2) is 6.48. The Hall–Kier alpha value is -2.23. The van der Waals surface area contributed by atoms with E-state index >= 15 is 0 Å². The van der Waals surface area contributed by atoms with Crippen LogP contribution in [0.1, 0.15) is 23.6 Å². The highest BCUT2D eigenvalue weighted by Crippen LogP contribution is 2.26. The number of hydrogen-bond donors (Lipinski definition) is 2. The highest BCUT2D eigenvalue weighted by molar-refractivity contribution is 5.86. The largest absolute Gasteiger partial charge is 0.271 e. The molecule has 0 bridgehead atoms. The first-order chi connectivity index (χ1) is 10.4. The first-order valence-corrected chi connectivity index (χ1v) is 7.21. The van der Waals surface area contributed by atoms with Gasteiger partial charge in [-0.25, -0.2) is 0 Å². The molecular weight excluding hydrogens is 258 g/mol. The van der Waals surface area contributed by atoms with E-state index in [9.17, 15) is 0 Å². The van der Waals surface area contributed by atoms with Crippen LogP contribution >= 0.6 is 0 Å². The summed E-state index contributed by atoms with van der Waals surface area (Å²) in [6.45, 7) is 0. The van der Waals surface area contributed by atoms with Gasteiger partial charge in [-0.3, -0.25) is 16.3 Å². The van der Waals surface area contributed by atoms with Gasteiger partial charge in [0.2, 0.25) is 0 Å². The minimum absolute atomic E-state index is 0.143. The molecule has 3 aromatic rings. The van der Waals surface area contributed by atoms with Crippen LogP contribution in [0.2, 0.25) is 0 Å². The Labute approximate surface area is 124 Å². The lowest BCUT2D eigenvalue weighted by molar-refractivity contribution is 0.519. The van der Waals surface area contributed by atoms with Gasteiger partial charge in [0.15, 0.2) is 0 Å². The standard InChI is InChI=1S/C18H19N3/c19-21-18(9-8-14-10-12-20-13-11-14)17-7-3-5-15-4-1-2-6-16(15)17/h1-7,10-13,18,21H,8-9,19H2. The van der Waals surface area contributed by atoms with Gasteiger partial charge in [-0.1, -0.05) is 42.5 Å². The summed E-state index contributed by atoms with van der Waals surface area (Å²) in [5.74, 6) is 5.80. The number of aryl methyl sites for hydroxylation is 1. The molecule has 0 saturated heterocycles. The van der Waals surface area contributed by atoms with E-state index in [-0.39, 0.29) is 6.04 Å². The van der Waals surface area contributed by atoms with Gasteiger partial charge in [0.25, 0.3) is 0 Å². The summed E-state index contributed by atoms with van der Waals surface area (Å²) in [6, 6.07) is 19.0. The molecule has 0 aliphatic heterocycles. The number of fused-ring (bicyclic) bond motifs is 1. The van der Waals surface area contributed by atoms with Gasteiger partial charge < -0.3 is 0 Å². The molecule has 3 heteroatoms. The summed E-state index contributed by atoms with van der Waals surface area (Å²) < 4.78 is 0. The second-order valence-electron chi connectivity index (χ2n) is 5.18. The molecule has 0 spiro atoms. The number of hydrogen-bond acceptors (Lipinski definition) is 3. The Morgan fingerprint density at radius 1 is 0.952 bits per heavy atom. The third kappa shape index (κ3) is 3.10. The maximum Gasteiger partial charge on any atom is 0.0469 e. The lowest BCUT2D eigenvalue weighted by Gasteiger charge is -2.18. The molecule has 0 amide bonds. The van der Waals surface area contributed by atoms with Crippen molar-refractivity contribution in [2.24, 2.45) is 5.84 Å². The zero-order valence-electron chi connectivity index (χ0n) is 11.9. The highest BCUT2D eigenvalue weighted by Gasteiger charge is 2.12. The first kappa shape index (κ1) is 13.7. The van der Waals surface area contributed by atoms with Crippen LogP contribution in [0.3, 0.4) is 0 Å². The SMILES string of the molecule is NNC(CCc1ccncc1)c1cccc2ccccc12. The third-order valence-corrected chi connectivity index (χ3v) is 3.87. The van der Waals surface area contributed by atoms with Gasteiger partial charge in [0.1, 0.15) is 0 Å². The monoisotopic (exact) mass is 277 g/mol. The van der Waals surface area contributed by atoms with Crippen molar-refractivity contribution in [1.82, 2.24) is 10.4 Å². The summed E-state index contributed by atoms with van der Waals surface area (Å²) >= 11 is 0. The van der Waals surface area contributed by atoms with Gasteiger partial charge in [-0.05, 0) is 46.9 Å². The van der Waals surface area contributed by atoms with Gasteiger partial charge in [0, 0.05) is 18.4 Å². The van der Waals surface area contributed by atoms with Crippen LogP contribution in [-0.4, -0.2) is 4.98 Å². The molecule has 1 unspecified atom stereocenters. The van der Waals surface area contributed by atoms with E-state index in [1.807, 2.05) is 12.4 Å². The maximum atomic E-state index is 5.80. The van der Waals surface area contributed by atoms with Crippen LogP contribution in [0.5, 0.6) is 0 Å². The topological polar surface area (TPSA) is 50.9 Å². The molecule has 1 atom stereocenters. The van der Waals surface area contributed by atoms with E-state index in [1.165, 1.54) is 21.9 Å². The zero-order chi connectivity index (χ0) is 14.5. The average Bonchev–Trinajstić information content (AvgIpc) is 2.56. The Balaban J connectivity index is 1.85. The Bertz CT molecular complexity index is 704. The fourth-order valence-electron chi connectivity index (χ4n) is 2.74. The average molecular weight is 277 g/mol. The molecule has 1 aromatic heterocycles. The predicted octanol–water partition coefficient (Wildman–Crippen LogP) is 3.37. The molecule has 0 fully saturated rings. The number of pyridine rings is 1. The van der Waals surface area contributed by atoms with Crippen molar-refractivity contribution in [3.8, 4) is 0 Å². The first-order valence-electron chi connectivity index (χ1n) is 7.21. The van der Waals surface area contributed by atoms with Crippen molar-refractivity contribution in [3.05, 3.63) is 78.1 Å². The molecular formula is C18H19N3. The lowest BCUT2D eigenvalue weighted by atomic mass is 9.95. The van der Waals surface area contributed by atoms with Gasteiger partial charge >= 0.3 is 0 Å². The van der Waals surface area contributed by atoms with Gasteiger partial charge in [-0.2, -0.15) is 0 Å².